The molecule has 1 N–H and O–H groups in total. The van der Waals surface area contributed by atoms with Crippen LogP contribution < -0.4 is 5.32 Å². The molecule has 0 radical (unpaired) electrons. The van der Waals surface area contributed by atoms with E-state index in [1.54, 1.807) is 28.0 Å². The SMILES string of the molecule is CC(=O)N1CCN(C(=O)CNC(=O)c2ccccc2Br)CC1. The van der Waals surface area contributed by atoms with E-state index < -0.39 is 0 Å². The molecule has 0 saturated carbocycles. The summed E-state index contributed by atoms with van der Waals surface area (Å²) >= 11 is 3.31. The van der Waals surface area contributed by atoms with Gasteiger partial charge in [0.15, 0.2) is 0 Å². The molecule has 2 rings (SSSR count). The Bertz CT molecular complexity index is 583. The van der Waals surface area contributed by atoms with Crippen molar-refractivity contribution in [1.82, 2.24) is 15.1 Å². The summed E-state index contributed by atoms with van der Waals surface area (Å²) in [6, 6.07) is 7.05. The monoisotopic (exact) mass is 367 g/mol. The molecule has 0 unspecified atom stereocenters. The third-order valence-corrected chi connectivity index (χ3v) is 4.29. The molecule has 0 aromatic heterocycles. The van der Waals surface area contributed by atoms with Gasteiger partial charge in [-0.15, -0.1) is 0 Å². The van der Waals surface area contributed by atoms with Crippen LogP contribution in [0.3, 0.4) is 0 Å². The summed E-state index contributed by atoms with van der Waals surface area (Å²) in [5.41, 5.74) is 0.497. The van der Waals surface area contributed by atoms with E-state index in [1.807, 2.05) is 6.07 Å². The number of hydrogen-bond donors (Lipinski definition) is 1. The highest BCUT2D eigenvalue weighted by Gasteiger charge is 2.22. The summed E-state index contributed by atoms with van der Waals surface area (Å²) in [5.74, 6) is -0.402. The Morgan fingerprint density at radius 1 is 1.09 bits per heavy atom. The maximum absolute atomic E-state index is 12.1. The number of nitrogens with zero attached hydrogens (tertiary/aromatic N) is 2. The molecule has 1 heterocycles. The minimum atomic E-state index is -0.289. The van der Waals surface area contributed by atoms with Crippen LogP contribution in [0.2, 0.25) is 0 Å². The highest BCUT2D eigenvalue weighted by atomic mass is 79.9. The van der Waals surface area contributed by atoms with Crippen molar-refractivity contribution in [3.05, 3.63) is 34.3 Å². The number of piperazine rings is 1. The number of amides is 3. The normalized spacial score (nSPS) is 14.6. The molecule has 1 fully saturated rings. The van der Waals surface area contributed by atoms with Crippen molar-refractivity contribution in [3.8, 4) is 0 Å². The van der Waals surface area contributed by atoms with Crippen LogP contribution in [-0.4, -0.2) is 60.2 Å². The average molecular weight is 368 g/mol. The van der Waals surface area contributed by atoms with Gasteiger partial charge in [0.25, 0.3) is 5.91 Å². The van der Waals surface area contributed by atoms with Crippen molar-refractivity contribution in [2.75, 3.05) is 32.7 Å². The molecule has 3 amide bonds. The number of hydrogen-bond acceptors (Lipinski definition) is 3. The van der Waals surface area contributed by atoms with E-state index >= 15 is 0 Å². The molecule has 7 heteroatoms. The topological polar surface area (TPSA) is 69.7 Å². The first-order valence-electron chi connectivity index (χ1n) is 7.05. The lowest BCUT2D eigenvalue weighted by Crippen LogP contribution is -2.52. The second-order valence-electron chi connectivity index (χ2n) is 5.05. The third kappa shape index (κ3) is 4.07. The molecule has 0 spiro atoms. The molecule has 1 saturated heterocycles. The first-order chi connectivity index (χ1) is 10.5. The predicted molar refractivity (Wildman–Crippen MR) is 85.3 cm³/mol. The van der Waals surface area contributed by atoms with Gasteiger partial charge in [0.05, 0.1) is 12.1 Å². The maximum atomic E-state index is 12.1. The van der Waals surface area contributed by atoms with Crippen LogP contribution >= 0.6 is 15.9 Å². The summed E-state index contributed by atoms with van der Waals surface area (Å²) < 4.78 is 0.690. The van der Waals surface area contributed by atoms with Gasteiger partial charge in [0, 0.05) is 37.6 Å². The molecule has 6 nitrogen and oxygen atoms in total. The van der Waals surface area contributed by atoms with Crippen LogP contribution in [-0.2, 0) is 9.59 Å². The average Bonchev–Trinajstić information content (AvgIpc) is 2.52. The number of carbonyl (C=O) groups is 3. The van der Waals surface area contributed by atoms with Crippen LogP contribution in [0.15, 0.2) is 28.7 Å². The van der Waals surface area contributed by atoms with Crippen LogP contribution in [0.5, 0.6) is 0 Å². The summed E-state index contributed by atoms with van der Waals surface area (Å²) in [6.45, 7) is 3.57. The first kappa shape index (κ1) is 16.5. The van der Waals surface area contributed by atoms with Crippen LogP contribution in [0.4, 0.5) is 0 Å². The van der Waals surface area contributed by atoms with Gasteiger partial charge in [-0.05, 0) is 28.1 Å². The van der Waals surface area contributed by atoms with Gasteiger partial charge < -0.3 is 15.1 Å². The summed E-state index contributed by atoms with van der Waals surface area (Å²) in [6.07, 6.45) is 0. The summed E-state index contributed by atoms with van der Waals surface area (Å²) in [5, 5.41) is 2.63. The Balaban J connectivity index is 1.82. The van der Waals surface area contributed by atoms with Crippen LogP contribution in [0.25, 0.3) is 0 Å². The summed E-state index contributed by atoms with van der Waals surface area (Å²) in [4.78, 5) is 38.7. The van der Waals surface area contributed by atoms with Gasteiger partial charge in [-0.25, -0.2) is 0 Å². The van der Waals surface area contributed by atoms with Crippen molar-refractivity contribution in [3.63, 3.8) is 0 Å². The van der Waals surface area contributed by atoms with Gasteiger partial charge in [0.1, 0.15) is 0 Å². The van der Waals surface area contributed by atoms with Crippen molar-refractivity contribution < 1.29 is 14.4 Å². The molecule has 1 aliphatic rings. The zero-order valence-electron chi connectivity index (χ0n) is 12.3. The van der Waals surface area contributed by atoms with Crippen molar-refractivity contribution >= 4 is 33.7 Å². The van der Waals surface area contributed by atoms with E-state index in [-0.39, 0.29) is 24.3 Å². The molecule has 118 valence electrons. The Kier molecular flexibility index (Phi) is 5.54. The van der Waals surface area contributed by atoms with E-state index in [2.05, 4.69) is 21.2 Å². The summed E-state index contributed by atoms with van der Waals surface area (Å²) in [7, 11) is 0. The molecule has 1 aromatic rings. The molecular formula is C15H18BrN3O3. The van der Waals surface area contributed by atoms with Crippen molar-refractivity contribution in [2.45, 2.75) is 6.92 Å². The molecule has 22 heavy (non-hydrogen) atoms. The number of nitrogens with one attached hydrogen (secondary N) is 1. The fourth-order valence-corrected chi connectivity index (χ4v) is 2.74. The number of halogens is 1. The van der Waals surface area contributed by atoms with Crippen molar-refractivity contribution in [1.29, 1.82) is 0 Å². The van der Waals surface area contributed by atoms with Gasteiger partial charge in [0.2, 0.25) is 11.8 Å². The molecular weight excluding hydrogens is 350 g/mol. The molecule has 0 atom stereocenters. The largest absolute Gasteiger partial charge is 0.343 e. The fraction of sp³-hybridized carbons (Fsp3) is 0.400. The Morgan fingerprint density at radius 2 is 1.68 bits per heavy atom. The zero-order valence-corrected chi connectivity index (χ0v) is 13.9. The lowest BCUT2D eigenvalue weighted by atomic mass is 10.2. The quantitative estimate of drug-likeness (QED) is 0.861. The Labute approximate surface area is 137 Å². The minimum absolute atomic E-state index is 0.0225. The third-order valence-electron chi connectivity index (χ3n) is 3.60. The van der Waals surface area contributed by atoms with Crippen LogP contribution in [0.1, 0.15) is 17.3 Å². The number of benzene rings is 1. The number of carbonyl (C=O) groups excluding carboxylic acids is 3. The highest BCUT2D eigenvalue weighted by Crippen LogP contribution is 2.15. The zero-order chi connectivity index (χ0) is 16.1. The van der Waals surface area contributed by atoms with Gasteiger partial charge in [-0.3, -0.25) is 14.4 Å². The van der Waals surface area contributed by atoms with E-state index in [0.717, 1.165) is 0 Å². The fourth-order valence-electron chi connectivity index (χ4n) is 2.28. The second kappa shape index (κ2) is 7.40. The van der Waals surface area contributed by atoms with Crippen molar-refractivity contribution in [2.24, 2.45) is 0 Å². The van der Waals surface area contributed by atoms with Crippen LogP contribution in [0, 0.1) is 0 Å². The van der Waals surface area contributed by atoms with E-state index in [1.165, 1.54) is 6.92 Å². The van der Waals surface area contributed by atoms with Gasteiger partial charge in [-0.2, -0.15) is 0 Å². The second-order valence-corrected chi connectivity index (χ2v) is 5.90. The van der Waals surface area contributed by atoms with E-state index in [9.17, 15) is 14.4 Å². The molecule has 1 aliphatic heterocycles. The van der Waals surface area contributed by atoms with E-state index in [0.29, 0.717) is 36.2 Å². The smallest absolute Gasteiger partial charge is 0.252 e. The Morgan fingerprint density at radius 3 is 2.27 bits per heavy atom. The molecule has 1 aromatic carbocycles. The maximum Gasteiger partial charge on any atom is 0.252 e. The predicted octanol–water partition coefficient (Wildman–Crippen LogP) is 0.870. The highest BCUT2D eigenvalue weighted by molar-refractivity contribution is 9.10. The first-order valence-corrected chi connectivity index (χ1v) is 7.84. The lowest BCUT2D eigenvalue weighted by molar-refractivity contribution is -0.137. The Hall–Kier alpha value is -1.89. The standard InChI is InChI=1S/C15H18BrN3O3/c1-11(20)18-6-8-19(9-7-18)14(21)10-17-15(22)12-4-2-3-5-13(12)16/h2-5H,6-10H2,1H3,(H,17,22). The van der Waals surface area contributed by atoms with E-state index in [4.69, 9.17) is 0 Å². The van der Waals surface area contributed by atoms with Gasteiger partial charge >= 0.3 is 0 Å². The lowest BCUT2D eigenvalue weighted by Gasteiger charge is -2.34. The minimum Gasteiger partial charge on any atom is -0.343 e. The number of rotatable bonds is 3. The molecule has 0 bridgehead atoms. The molecule has 0 aliphatic carbocycles. The van der Waals surface area contributed by atoms with Gasteiger partial charge in [-0.1, -0.05) is 12.1 Å².